The van der Waals surface area contributed by atoms with Crippen molar-refractivity contribution in [2.45, 2.75) is 25.2 Å². The number of carbonyl (C=O) groups excluding carboxylic acids is 2. The number of carbonyl (C=O) groups is 2. The van der Waals surface area contributed by atoms with Crippen molar-refractivity contribution >= 4 is 28.9 Å². The molecule has 2 unspecified atom stereocenters. The van der Waals surface area contributed by atoms with E-state index in [1.165, 1.54) is 0 Å². The number of piperazine rings is 1. The van der Waals surface area contributed by atoms with E-state index >= 15 is 0 Å². The number of methoxy groups -OCH3 is 1. The fraction of sp³-hybridized carbons (Fsp3) is 0.423. The Balaban J connectivity index is 1.31. The molecule has 2 aromatic heterocycles. The molecule has 0 spiro atoms. The quantitative estimate of drug-likeness (QED) is 0.459. The van der Waals surface area contributed by atoms with Crippen LogP contribution in [0.25, 0.3) is 11.1 Å². The molecule has 2 fully saturated rings. The zero-order valence-corrected chi connectivity index (χ0v) is 20.9. The molecule has 0 bridgehead atoms. The van der Waals surface area contributed by atoms with Gasteiger partial charge in [-0.1, -0.05) is 13.0 Å². The van der Waals surface area contributed by atoms with Crippen LogP contribution in [-0.4, -0.2) is 84.4 Å². The number of furan rings is 1. The van der Waals surface area contributed by atoms with E-state index in [1.54, 1.807) is 24.1 Å². The summed E-state index contributed by atoms with van der Waals surface area (Å²) in [5.41, 5.74) is 1.18. The summed E-state index contributed by atoms with van der Waals surface area (Å²) in [6.45, 7) is 7.30. The summed E-state index contributed by atoms with van der Waals surface area (Å²) >= 11 is 0. The molecule has 194 valence electrons. The number of anilines is 1. The number of hydrogen-bond acceptors (Lipinski definition) is 8. The van der Waals surface area contributed by atoms with E-state index in [9.17, 15) is 14.7 Å². The molecule has 0 saturated carbocycles. The maximum absolute atomic E-state index is 13.3. The van der Waals surface area contributed by atoms with Crippen molar-refractivity contribution in [2.75, 3.05) is 51.3 Å². The molecule has 37 heavy (non-hydrogen) atoms. The highest BCUT2D eigenvalue weighted by Crippen LogP contribution is 2.36. The average Bonchev–Trinajstić information content (AvgIpc) is 3.57. The molecule has 0 aliphatic carbocycles. The lowest BCUT2D eigenvalue weighted by Gasteiger charge is -2.34. The van der Waals surface area contributed by atoms with E-state index in [0.717, 1.165) is 44.1 Å². The van der Waals surface area contributed by atoms with Crippen molar-refractivity contribution in [1.29, 1.82) is 0 Å². The lowest BCUT2D eigenvalue weighted by atomic mass is 9.94. The predicted molar refractivity (Wildman–Crippen MR) is 135 cm³/mol. The van der Waals surface area contributed by atoms with Crippen molar-refractivity contribution < 1.29 is 23.8 Å². The molecule has 3 N–H and O–H groups in total. The molecule has 6 rings (SSSR count). The lowest BCUT2D eigenvalue weighted by Crippen LogP contribution is -2.54. The number of aliphatic hydroxyl groups is 1. The number of fused-ring (bicyclic) bond motifs is 2. The van der Waals surface area contributed by atoms with Crippen LogP contribution in [0.5, 0.6) is 5.75 Å². The SMILES string of the molecule is CCN1CCN(c2ccc3oc(C4(CN5Cc6ccc(OC)cc6C5=O)NC(=O)NC4O)cc3n2)CC1. The minimum atomic E-state index is -1.38. The topological polar surface area (TPSA) is 123 Å². The van der Waals surface area contributed by atoms with Crippen molar-refractivity contribution in [1.82, 2.24) is 25.4 Å². The fourth-order valence-electron chi connectivity index (χ4n) is 5.45. The van der Waals surface area contributed by atoms with Gasteiger partial charge in [0, 0.05) is 44.4 Å². The second kappa shape index (κ2) is 8.93. The number of aliphatic hydroxyl groups excluding tert-OH is 1. The maximum atomic E-state index is 13.3. The number of urea groups is 1. The molecule has 0 radical (unpaired) electrons. The summed E-state index contributed by atoms with van der Waals surface area (Å²) in [6, 6.07) is 10.4. The summed E-state index contributed by atoms with van der Waals surface area (Å²) in [6.07, 6.45) is -1.31. The van der Waals surface area contributed by atoms with Crippen molar-refractivity contribution in [3.8, 4) is 5.75 Å². The molecule has 5 heterocycles. The number of pyridine rings is 1. The number of amides is 3. The normalized spacial score (nSPS) is 23.9. The molecular weight excluding hydrogens is 476 g/mol. The lowest BCUT2D eigenvalue weighted by molar-refractivity contribution is 0.0353. The Hall–Kier alpha value is -3.83. The second-order valence-corrected chi connectivity index (χ2v) is 9.74. The van der Waals surface area contributed by atoms with Crippen LogP contribution >= 0.6 is 0 Å². The molecular formula is C26H30N6O5. The van der Waals surface area contributed by atoms with Gasteiger partial charge in [-0.25, -0.2) is 9.78 Å². The van der Waals surface area contributed by atoms with E-state index in [1.807, 2.05) is 24.3 Å². The number of rotatable bonds is 6. The van der Waals surface area contributed by atoms with Gasteiger partial charge in [-0.15, -0.1) is 0 Å². The first-order chi connectivity index (χ1) is 17.9. The standard InChI is InChI=1S/C26H30N6O5/c1-3-30-8-10-31(11-9-30)22-7-6-20-19(27-22)13-21(37-20)26(24(34)28-25(35)29-26)15-32-14-16-4-5-17(36-2)12-18(16)23(32)33/h4-7,12-13,24,34H,3,8-11,14-15H2,1-2H3,(H2,28,29,35). The van der Waals surface area contributed by atoms with Crippen LogP contribution in [0, 0.1) is 0 Å². The highest BCUT2D eigenvalue weighted by molar-refractivity contribution is 5.99. The third-order valence-corrected chi connectivity index (χ3v) is 7.65. The van der Waals surface area contributed by atoms with Crippen LogP contribution in [0.15, 0.2) is 40.8 Å². The molecule has 2 atom stereocenters. The number of hydrogen-bond donors (Lipinski definition) is 3. The smallest absolute Gasteiger partial charge is 0.317 e. The van der Waals surface area contributed by atoms with E-state index in [2.05, 4.69) is 27.4 Å². The highest BCUT2D eigenvalue weighted by Gasteiger charge is 2.52. The van der Waals surface area contributed by atoms with Gasteiger partial charge >= 0.3 is 6.03 Å². The average molecular weight is 507 g/mol. The largest absolute Gasteiger partial charge is 0.497 e. The third-order valence-electron chi connectivity index (χ3n) is 7.65. The minimum absolute atomic E-state index is 0.00833. The molecule has 3 aromatic rings. The number of benzene rings is 1. The van der Waals surface area contributed by atoms with E-state index < -0.39 is 17.8 Å². The third kappa shape index (κ3) is 3.94. The van der Waals surface area contributed by atoms with Gasteiger partial charge < -0.3 is 39.6 Å². The van der Waals surface area contributed by atoms with Gasteiger partial charge in [0.05, 0.1) is 13.7 Å². The van der Waals surface area contributed by atoms with Gasteiger partial charge in [0.25, 0.3) is 5.91 Å². The Morgan fingerprint density at radius 1 is 1.16 bits per heavy atom. The summed E-state index contributed by atoms with van der Waals surface area (Å²) in [5, 5.41) is 16.3. The number of nitrogens with zero attached hydrogens (tertiary/aromatic N) is 4. The van der Waals surface area contributed by atoms with Gasteiger partial charge in [0.1, 0.15) is 22.8 Å². The maximum Gasteiger partial charge on any atom is 0.317 e. The van der Waals surface area contributed by atoms with E-state index in [-0.39, 0.29) is 12.5 Å². The zero-order chi connectivity index (χ0) is 25.7. The Labute approximate surface area is 214 Å². The Morgan fingerprint density at radius 3 is 2.68 bits per heavy atom. The Kier molecular flexibility index (Phi) is 5.68. The van der Waals surface area contributed by atoms with Crippen LogP contribution in [0.2, 0.25) is 0 Å². The molecule has 3 aliphatic rings. The summed E-state index contributed by atoms with van der Waals surface area (Å²) in [7, 11) is 1.55. The van der Waals surface area contributed by atoms with Gasteiger partial charge in [0.2, 0.25) is 0 Å². The molecule has 3 amide bonds. The monoisotopic (exact) mass is 506 g/mol. The first-order valence-electron chi connectivity index (χ1n) is 12.5. The highest BCUT2D eigenvalue weighted by atomic mass is 16.5. The van der Waals surface area contributed by atoms with Gasteiger partial charge in [0.15, 0.2) is 17.3 Å². The first kappa shape index (κ1) is 23.6. The Bertz CT molecular complexity index is 1370. The van der Waals surface area contributed by atoms with Crippen LogP contribution in [0.1, 0.15) is 28.6 Å². The summed E-state index contributed by atoms with van der Waals surface area (Å²) in [4.78, 5) is 36.7. The fourth-order valence-corrected chi connectivity index (χ4v) is 5.45. The summed E-state index contributed by atoms with van der Waals surface area (Å²) < 4.78 is 11.4. The number of ether oxygens (including phenoxy) is 1. The predicted octanol–water partition coefficient (Wildman–Crippen LogP) is 1.46. The number of aromatic nitrogens is 1. The number of likely N-dealkylation sites (N-methyl/N-ethyl adjacent to an activating group) is 1. The first-order valence-corrected chi connectivity index (χ1v) is 12.5. The molecule has 2 saturated heterocycles. The Morgan fingerprint density at radius 2 is 1.97 bits per heavy atom. The molecule has 3 aliphatic heterocycles. The van der Waals surface area contributed by atoms with E-state index in [4.69, 9.17) is 14.1 Å². The van der Waals surface area contributed by atoms with E-state index in [0.29, 0.717) is 34.7 Å². The van der Waals surface area contributed by atoms with Crippen LogP contribution in [0.3, 0.4) is 0 Å². The zero-order valence-electron chi connectivity index (χ0n) is 20.9. The van der Waals surface area contributed by atoms with Gasteiger partial charge in [-0.2, -0.15) is 0 Å². The second-order valence-electron chi connectivity index (χ2n) is 9.74. The van der Waals surface area contributed by atoms with Crippen molar-refractivity contribution in [2.24, 2.45) is 0 Å². The molecule has 11 heteroatoms. The molecule has 1 aromatic carbocycles. The van der Waals surface area contributed by atoms with Gasteiger partial charge in [-0.3, -0.25) is 4.79 Å². The number of nitrogens with one attached hydrogen (secondary N) is 2. The minimum Gasteiger partial charge on any atom is -0.497 e. The molecule has 11 nitrogen and oxygen atoms in total. The van der Waals surface area contributed by atoms with Crippen molar-refractivity contribution in [3.05, 3.63) is 53.3 Å². The van der Waals surface area contributed by atoms with Crippen molar-refractivity contribution in [3.63, 3.8) is 0 Å². The summed E-state index contributed by atoms with van der Waals surface area (Å²) in [5.74, 6) is 1.58. The van der Waals surface area contributed by atoms with Gasteiger partial charge in [-0.05, 0) is 36.4 Å². The van der Waals surface area contributed by atoms with Crippen LogP contribution in [-0.2, 0) is 12.1 Å². The van der Waals surface area contributed by atoms with Crippen LogP contribution < -0.4 is 20.3 Å². The van der Waals surface area contributed by atoms with Crippen LogP contribution in [0.4, 0.5) is 10.6 Å².